The number of amides is 1. The van der Waals surface area contributed by atoms with E-state index in [2.05, 4.69) is 26.3 Å². The Balaban J connectivity index is 1.92. The summed E-state index contributed by atoms with van der Waals surface area (Å²) in [5.41, 5.74) is 1.89. The van der Waals surface area contributed by atoms with Crippen molar-refractivity contribution in [2.45, 2.75) is 19.9 Å². The number of carbonyl (C=O) groups is 1. The summed E-state index contributed by atoms with van der Waals surface area (Å²) in [6.45, 7) is 2.56. The van der Waals surface area contributed by atoms with E-state index in [-0.39, 0.29) is 5.91 Å². The van der Waals surface area contributed by atoms with Crippen molar-refractivity contribution in [3.63, 3.8) is 0 Å². The highest BCUT2D eigenvalue weighted by atomic mass is 79.9. The van der Waals surface area contributed by atoms with E-state index in [9.17, 15) is 4.79 Å². The number of hydrogen-bond acceptors (Lipinski definition) is 2. The quantitative estimate of drug-likeness (QED) is 0.944. The van der Waals surface area contributed by atoms with Crippen LogP contribution in [0.5, 0.6) is 0 Å². The zero-order valence-corrected chi connectivity index (χ0v) is 11.6. The molecule has 0 saturated heterocycles. The Morgan fingerprint density at radius 2 is 2.33 bits per heavy atom. The molecule has 0 atom stereocenters. The molecule has 0 fully saturated rings. The average Bonchev–Trinajstić information content (AvgIpc) is 2.84. The van der Waals surface area contributed by atoms with Crippen LogP contribution >= 0.6 is 15.9 Å². The maximum absolute atomic E-state index is 11.8. The lowest BCUT2D eigenvalue weighted by molar-refractivity contribution is -0.116. The van der Waals surface area contributed by atoms with E-state index < -0.39 is 0 Å². The number of anilines is 1. The molecule has 0 aliphatic heterocycles. The summed E-state index contributed by atoms with van der Waals surface area (Å²) in [4.78, 5) is 11.8. The second-order valence-corrected chi connectivity index (χ2v) is 4.94. The van der Waals surface area contributed by atoms with Crippen LogP contribution in [0.4, 0.5) is 5.69 Å². The molecule has 0 bridgehead atoms. The fourth-order valence-electron chi connectivity index (χ4n) is 1.59. The van der Waals surface area contributed by atoms with Crippen molar-refractivity contribution in [2.75, 3.05) is 5.32 Å². The number of nitrogens with zero attached hydrogens (tertiary/aromatic N) is 2. The maximum Gasteiger partial charge on any atom is 0.226 e. The van der Waals surface area contributed by atoms with Gasteiger partial charge in [-0.25, -0.2) is 0 Å². The topological polar surface area (TPSA) is 46.9 Å². The van der Waals surface area contributed by atoms with E-state index in [1.807, 2.05) is 37.4 Å². The van der Waals surface area contributed by atoms with Crippen LogP contribution in [-0.4, -0.2) is 15.7 Å². The third-order valence-corrected chi connectivity index (χ3v) is 3.09. The molecule has 1 N–H and O–H groups in total. The minimum Gasteiger partial charge on any atom is -0.326 e. The Labute approximate surface area is 114 Å². The number of nitrogens with one attached hydrogen (secondary N) is 1. The van der Waals surface area contributed by atoms with Gasteiger partial charge in [-0.1, -0.05) is 22.0 Å². The van der Waals surface area contributed by atoms with Gasteiger partial charge >= 0.3 is 0 Å². The molecule has 0 unspecified atom stereocenters. The minimum absolute atomic E-state index is 0.00769. The molecular formula is C13H14BrN3O. The highest BCUT2D eigenvalue weighted by Gasteiger charge is 2.05. The van der Waals surface area contributed by atoms with Gasteiger partial charge in [0, 0.05) is 35.5 Å². The van der Waals surface area contributed by atoms with Crippen LogP contribution < -0.4 is 5.32 Å². The molecule has 1 amide bonds. The smallest absolute Gasteiger partial charge is 0.226 e. The van der Waals surface area contributed by atoms with Crippen LogP contribution in [0.15, 0.2) is 41.1 Å². The Hall–Kier alpha value is -1.62. The summed E-state index contributed by atoms with van der Waals surface area (Å²) in [6, 6.07) is 7.67. The normalized spacial score (nSPS) is 10.3. The van der Waals surface area contributed by atoms with Gasteiger partial charge in [-0.15, -0.1) is 0 Å². The molecule has 5 heteroatoms. The van der Waals surface area contributed by atoms with Gasteiger partial charge in [0.15, 0.2) is 0 Å². The lowest BCUT2D eigenvalue weighted by atomic mass is 10.2. The number of rotatable bonds is 4. The van der Waals surface area contributed by atoms with Crippen LogP contribution in [0.25, 0.3) is 0 Å². The molecule has 0 radical (unpaired) electrons. The summed E-state index contributed by atoms with van der Waals surface area (Å²) in [7, 11) is 0. The first-order valence-electron chi connectivity index (χ1n) is 5.68. The highest BCUT2D eigenvalue weighted by Crippen LogP contribution is 2.20. The van der Waals surface area contributed by atoms with Crippen LogP contribution in [0.1, 0.15) is 12.0 Å². The van der Waals surface area contributed by atoms with E-state index in [1.165, 1.54) is 0 Å². The first-order chi connectivity index (χ1) is 8.65. The number of benzene rings is 1. The standard InChI is InChI=1S/C13H14BrN3O/c1-10-3-4-11(14)9-12(10)16-13(18)5-8-17-7-2-6-15-17/h2-4,6-7,9H,5,8H2,1H3,(H,16,18). The SMILES string of the molecule is Cc1ccc(Br)cc1NC(=O)CCn1cccn1. The van der Waals surface area contributed by atoms with E-state index in [0.717, 1.165) is 15.7 Å². The summed E-state index contributed by atoms with van der Waals surface area (Å²) >= 11 is 3.39. The van der Waals surface area contributed by atoms with Crippen molar-refractivity contribution in [3.8, 4) is 0 Å². The Bertz CT molecular complexity index is 537. The lowest BCUT2D eigenvalue weighted by Gasteiger charge is -2.09. The number of carbonyl (C=O) groups excluding carboxylic acids is 1. The molecule has 1 aromatic heterocycles. The third-order valence-electron chi connectivity index (χ3n) is 2.60. The molecular weight excluding hydrogens is 294 g/mol. The summed E-state index contributed by atoms with van der Waals surface area (Å²) < 4.78 is 2.70. The first-order valence-corrected chi connectivity index (χ1v) is 6.48. The zero-order chi connectivity index (χ0) is 13.0. The predicted molar refractivity (Wildman–Crippen MR) is 74.4 cm³/mol. The zero-order valence-electron chi connectivity index (χ0n) is 10.1. The number of hydrogen-bond donors (Lipinski definition) is 1. The van der Waals surface area contributed by atoms with Crippen molar-refractivity contribution in [1.29, 1.82) is 0 Å². The number of aromatic nitrogens is 2. The van der Waals surface area contributed by atoms with Crippen LogP contribution in [-0.2, 0) is 11.3 Å². The van der Waals surface area contributed by atoms with Crippen molar-refractivity contribution in [2.24, 2.45) is 0 Å². The Morgan fingerprint density at radius 3 is 3.06 bits per heavy atom. The van der Waals surface area contributed by atoms with Crippen LogP contribution in [0, 0.1) is 6.92 Å². The summed E-state index contributed by atoms with van der Waals surface area (Å²) in [6.07, 6.45) is 3.96. The molecule has 1 heterocycles. The monoisotopic (exact) mass is 307 g/mol. The van der Waals surface area contributed by atoms with Crippen LogP contribution in [0.2, 0.25) is 0 Å². The molecule has 2 rings (SSSR count). The van der Waals surface area contributed by atoms with Gasteiger partial charge in [0.2, 0.25) is 5.91 Å². The predicted octanol–water partition coefficient (Wildman–Crippen LogP) is 2.98. The van der Waals surface area contributed by atoms with Crippen molar-refractivity contribution in [1.82, 2.24) is 9.78 Å². The molecule has 1 aromatic carbocycles. The van der Waals surface area contributed by atoms with E-state index >= 15 is 0 Å². The molecule has 0 saturated carbocycles. The van der Waals surface area contributed by atoms with Gasteiger partial charge in [-0.3, -0.25) is 9.48 Å². The average molecular weight is 308 g/mol. The molecule has 0 aliphatic rings. The molecule has 18 heavy (non-hydrogen) atoms. The fourth-order valence-corrected chi connectivity index (χ4v) is 1.95. The van der Waals surface area contributed by atoms with Gasteiger partial charge in [0.25, 0.3) is 0 Å². The Morgan fingerprint density at radius 1 is 1.50 bits per heavy atom. The molecule has 0 spiro atoms. The largest absolute Gasteiger partial charge is 0.326 e. The molecule has 2 aromatic rings. The summed E-state index contributed by atoms with van der Waals surface area (Å²) in [5, 5.41) is 6.96. The summed E-state index contributed by atoms with van der Waals surface area (Å²) in [5.74, 6) is -0.00769. The van der Waals surface area contributed by atoms with Gasteiger partial charge < -0.3 is 5.32 Å². The van der Waals surface area contributed by atoms with Gasteiger partial charge in [-0.05, 0) is 30.7 Å². The molecule has 0 aliphatic carbocycles. The van der Waals surface area contributed by atoms with Crippen molar-refractivity contribution >= 4 is 27.5 Å². The van der Waals surface area contributed by atoms with Crippen molar-refractivity contribution in [3.05, 3.63) is 46.7 Å². The van der Waals surface area contributed by atoms with E-state index in [0.29, 0.717) is 13.0 Å². The third kappa shape index (κ3) is 3.43. The highest BCUT2D eigenvalue weighted by molar-refractivity contribution is 9.10. The van der Waals surface area contributed by atoms with Gasteiger partial charge in [0.05, 0.1) is 0 Å². The van der Waals surface area contributed by atoms with Crippen molar-refractivity contribution < 1.29 is 4.79 Å². The molecule has 4 nitrogen and oxygen atoms in total. The van der Waals surface area contributed by atoms with Gasteiger partial charge in [-0.2, -0.15) is 5.10 Å². The maximum atomic E-state index is 11.8. The van der Waals surface area contributed by atoms with E-state index in [1.54, 1.807) is 10.9 Å². The second kappa shape index (κ2) is 5.82. The first kappa shape index (κ1) is 12.8. The van der Waals surface area contributed by atoms with E-state index in [4.69, 9.17) is 0 Å². The Kier molecular flexibility index (Phi) is 4.15. The number of halogens is 1. The minimum atomic E-state index is -0.00769. The second-order valence-electron chi connectivity index (χ2n) is 4.03. The lowest BCUT2D eigenvalue weighted by Crippen LogP contribution is -2.15. The van der Waals surface area contributed by atoms with Crippen LogP contribution in [0.3, 0.4) is 0 Å². The fraction of sp³-hybridized carbons (Fsp3) is 0.231. The number of aryl methyl sites for hydroxylation is 2. The molecule has 94 valence electrons. The van der Waals surface area contributed by atoms with Gasteiger partial charge in [0.1, 0.15) is 0 Å².